The number of carbonyl (C=O) groups is 2. The highest BCUT2D eigenvalue weighted by molar-refractivity contribution is 5.86. The van der Waals surface area contributed by atoms with E-state index in [1.165, 1.54) is 16.9 Å². The molecule has 1 N–H and O–H groups in total. The average Bonchev–Trinajstić information content (AvgIpc) is 2.97. The molecule has 0 radical (unpaired) electrons. The van der Waals surface area contributed by atoms with Crippen LogP contribution in [0.25, 0.3) is 0 Å². The highest BCUT2D eigenvalue weighted by Gasteiger charge is 2.29. The van der Waals surface area contributed by atoms with Gasteiger partial charge in [-0.1, -0.05) is 0 Å². The van der Waals surface area contributed by atoms with Crippen molar-refractivity contribution >= 4 is 11.9 Å². The van der Waals surface area contributed by atoms with Gasteiger partial charge in [0.1, 0.15) is 12.2 Å². The number of carboxylic acid groups (broad SMARTS) is 1. The van der Waals surface area contributed by atoms with Crippen molar-refractivity contribution in [2.75, 3.05) is 7.05 Å². The fourth-order valence-corrected chi connectivity index (χ4v) is 1.55. The second-order valence-corrected chi connectivity index (χ2v) is 3.92. The van der Waals surface area contributed by atoms with Crippen LogP contribution in [0.1, 0.15) is 23.3 Å². The van der Waals surface area contributed by atoms with Crippen LogP contribution in [0.5, 0.6) is 0 Å². The van der Waals surface area contributed by atoms with Crippen LogP contribution in [0, 0.1) is 0 Å². The maximum Gasteiger partial charge on any atom is 0.354 e. The Balaban J connectivity index is 2.05. The van der Waals surface area contributed by atoms with E-state index in [1.807, 2.05) is 0 Å². The van der Waals surface area contributed by atoms with Gasteiger partial charge in [0.2, 0.25) is 5.91 Å². The van der Waals surface area contributed by atoms with Crippen LogP contribution in [0.2, 0.25) is 0 Å². The third kappa shape index (κ3) is 2.05. The van der Waals surface area contributed by atoms with E-state index in [9.17, 15) is 9.59 Å². The zero-order valence-corrected chi connectivity index (χ0v) is 8.96. The van der Waals surface area contributed by atoms with Gasteiger partial charge >= 0.3 is 5.97 Å². The van der Waals surface area contributed by atoms with E-state index in [0.717, 1.165) is 12.8 Å². The van der Waals surface area contributed by atoms with Crippen molar-refractivity contribution in [1.82, 2.24) is 14.7 Å². The van der Waals surface area contributed by atoms with Gasteiger partial charge in [-0.05, 0) is 18.9 Å². The largest absolute Gasteiger partial charge is 0.477 e. The topological polar surface area (TPSA) is 75.4 Å². The molecule has 1 aliphatic carbocycles. The maximum absolute atomic E-state index is 11.7. The number of hydrogen-bond donors (Lipinski definition) is 1. The molecule has 86 valence electrons. The first-order valence-electron chi connectivity index (χ1n) is 5.10. The van der Waals surface area contributed by atoms with Gasteiger partial charge in [-0.15, -0.1) is 0 Å². The van der Waals surface area contributed by atoms with Crippen molar-refractivity contribution in [2.45, 2.75) is 25.4 Å². The van der Waals surface area contributed by atoms with Gasteiger partial charge in [-0.3, -0.25) is 4.79 Å². The number of amides is 1. The van der Waals surface area contributed by atoms with Gasteiger partial charge in [0.25, 0.3) is 0 Å². The average molecular weight is 223 g/mol. The predicted octanol–water partition coefficient (Wildman–Crippen LogP) is 0.202. The Labute approximate surface area is 92.5 Å². The lowest BCUT2D eigenvalue weighted by molar-refractivity contribution is -0.131. The number of nitrogens with zero attached hydrogens (tertiary/aromatic N) is 3. The number of hydrogen-bond acceptors (Lipinski definition) is 3. The number of aromatic nitrogens is 2. The summed E-state index contributed by atoms with van der Waals surface area (Å²) in [4.78, 5) is 24.2. The molecule has 0 atom stereocenters. The maximum atomic E-state index is 11.7. The molecule has 6 nitrogen and oxygen atoms in total. The summed E-state index contributed by atoms with van der Waals surface area (Å²) < 4.78 is 1.21. The molecule has 0 aliphatic heterocycles. The summed E-state index contributed by atoms with van der Waals surface area (Å²) in [7, 11) is 1.74. The molecule has 16 heavy (non-hydrogen) atoms. The molecule has 1 aromatic rings. The summed E-state index contributed by atoms with van der Waals surface area (Å²) in [5, 5.41) is 12.7. The highest BCUT2D eigenvalue weighted by atomic mass is 16.4. The second kappa shape index (κ2) is 3.96. The molecule has 0 bridgehead atoms. The van der Waals surface area contributed by atoms with Crippen molar-refractivity contribution < 1.29 is 14.7 Å². The number of rotatable bonds is 4. The van der Waals surface area contributed by atoms with Gasteiger partial charge in [0.15, 0.2) is 0 Å². The van der Waals surface area contributed by atoms with Gasteiger partial charge in [-0.25, -0.2) is 9.48 Å². The van der Waals surface area contributed by atoms with Gasteiger partial charge in [-0.2, -0.15) is 5.10 Å². The first-order chi connectivity index (χ1) is 7.59. The van der Waals surface area contributed by atoms with Crippen LogP contribution in [0.3, 0.4) is 0 Å². The summed E-state index contributed by atoms with van der Waals surface area (Å²) in [6, 6.07) is 1.71. The molecule has 0 spiro atoms. The van der Waals surface area contributed by atoms with E-state index < -0.39 is 5.97 Å². The Morgan fingerprint density at radius 2 is 2.31 bits per heavy atom. The third-order valence-corrected chi connectivity index (χ3v) is 2.71. The lowest BCUT2D eigenvalue weighted by atomic mass is 10.4. The predicted molar refractivity (Wildman–Crippen MR) is 55.0 cm³/mol. The SMILES string of the molecule is CN(C(=O)Cn1nccc1C(=O)O)C1CC1. The van der Waals surface area contributed by atoms with Crippen LogP contribution >= 0.6 is 0 Å². The Morgan fingerprint density at radius 1 is 1.62 bits per heavy atom. The summed E-state index contributed by atoms with van der Waals surface area (Å²) in [6.45, 7) is -0.0123. The Kier molecular flexibility index (Phi) is 2.64. The number of aromatic carboxylic acids is 1. The minimum Gasteiger partial charge on any atom is -0.477 e. The quantitative estimate of drug-likeness (QED) is 0.791. The van der Waals surface area contributed by atoms with Crippen LogP contribution < -0.4 is 0 Å². The summed E-state index contributed by atoms with van der Waals surface area (Å²) in [5.74, 6) is -1.17. The smallest absolute Gasteiger partial charge is 0.354 e. The highest BCUT2D eigenvalue weighted by Crippen LogP contribution is 2.25. The number of carboxylic acids is 1. The molecule has 1 saturated carbocycles. The first kappa shape index (κ1) is 10.7. The fourth-order valence-electron chi connectivity index (χ4n) is 1.55. The molecular weight excluding hydrogens is 210 g/mol. The van der Waals surface area contributed by atoms with E-state index >= 15 is 0 Å². The minimum atomic E-state index is -1.07. The molecule has 2 rings (SSSR count). The molecule has 1 amide bonds. The summed E-state index contributed by atoms with van der Waals surface area (Å²) in [5.41, 5.74) is 0.0394. The zero-order valence-electron chi connectivity index (χ0n) is 8.96. The first-order valence-corrected chi connectivity index (χ1v) is 5.10. The fraction of sp³-hybridized carbons (Fsp3) is 0.500. The van der Waals surface area contributed by atoms with Crippen LogP contribution in [0.4, 0.5) is 0 Å². The van der Waals surface area contributed by atoms with E-state index in [-0.39, 0.29) is 18.1 Å². The molecular formula is C10H13N3O3. The molecule has 6 heteroatoms. The number of carbonyl (C=O) groups excluding carboxylic acids is 1. The summed E-state index contributed by atoms with van der Waals surface area (Å²) >= 11 is 0. The van der Waals surface area contributed by atoms with Gasteiger partial charge < -0.3 is 10.0 Å². The lowest BCUT2D eigenvalue weighted by Crippen LogP contribution is -2.33. The van der Waals surface area contributed by atoms with Crippen molar-refractivity contribution in [3.05, 3.63) is 18.0 Å². The normalized spacial score (nSPS) is 14.8. The Morgan fingerprint density at radius 3 is 2.88 bits per heavy atom. The molecule has 0 saturated heterocycles. The Hall–Kier alpha value is -1.85. The summed E-state index contributed by atoms with van der Waals surface area (Å²) in [6.07, 6.45) is 3.45. The Bertz CT molecular complexity index is 423. The van der Waals surface area contributed by atoms with Crippen molar-refractivity contribution in [3.63, 3.8) is 0 Å². The molecule has 1 aliphatic rings. The number of likely N-dealkylation sites (N-methyl/N-ethyl adjacent to an activating group) is 1. The van der Waals surface area contributed by atoms with Crippen molar-refractivity contribution in [3.8, 4) is 0 Å². The molecule has 1 fully saturated rings. The van der Waals surface area contributed by atoms with Crippen LogP contribution in [-0.2, 0) is 11.3 Å². The monoisotopic (exact) mass is 223 g/mol. The third-order valence-electron chi connectivity index (χ3n) is 2.71. The molecule has 0 unspecified atom stereocenters. The lowest BCUT2D eigenvalue weighted by Gasteiger charge is -2.16. The minimum absolute atomic E-state index is 0.0123. The van der Waals surface area contributed by atoms with E-state index in [2.05, 4.69) is 5.10 Å². The van der Waals surface area contributed by atoms with Gasteiger partial charge in [0.05, 0.1) is 0 Å². The van der Waals surface area contributed by atoms with Crippen molar-refractivity contribution in [1.29, 1.82) is 0 Å². The van der Waals surface area contributed by atoms with E-state index in [1.54, 1.807) is 11.9 Å². The van der Waals surface area contributed by atoms with E-state index in [0.29, 0.717) is 6.04 Å². The second-order valence-electron chi connectivity index (χ2n) is 3.92. The standard InChI is InChI=1S/C10H13N3O3/c1-12(7-2-3-7)9(14)6-13-8(10(15)16)4-5-11-13/h4-5,7H,2-3,6H2,1H3,(H,15,16). The van der Waals surface area contributed by atoms with Crippen molar-refractivity contribution in [2.24, 2.45) is 0 Å². The van der Waals surface area contributed by atoms with Gasteiger partial charge in [0, 0.05) is 19.3 Å². The van der Waals surface area contributed by atoms with E-state index in [4.69, 9.17) is 5.11 Å². The molecule has 0 aromatic carbocycles. The zero-order chi connectivity index (χ0) is 11.7. The van der Waals surface area contributed by atoms with Crippen LogP contribution in [0.15, 0.2) is 12.3 Å². The van der Waals surface area contributed by atoms with Crippen LogP contribution in [-0.4, -0.2) is 44.8 Å². The molecule has 1 aromatic heterocycles. The molecule has 1 heterocycles.